The van der Waals surface area contributed by atoms with Gasteiger partial charge in [-0.1, -0.05) is 11.6 Å². The number of hydrogen-bond donors (Lipinski definition) is 1. The van der Waals surface area contributed by atoms with E-state index in [4.69, 9.17) is 16.3 Å². The van der Waals surface area contributed by atoms with Gasteiger partial charge in [0.2, 0.25) is 0 Å². The van der Waals surface area contributed by atoms with Crippen molar-refractivity contribution < 1.29 is 4.74 Å². The van der Waals surface area contributed by atoms with Gasteiger partial charge in [-0.05, 0) is 25.2 Å². The van der Waals surface area contributed by atoms with Crippen molar-refractivity contribution in [3.05, 3.63) is 33.6 Å². The lowest BCUT2D eigenvalue weighted by Crippen LogP contribution is -2.04. The number of rotatable bonds is 4. The van der Waals surface area contributed by atoms with Gasteiger partial charge in [-0.15, -0.1) is 11.3 Å². The molecule has 3 nitrogen and oxygen atoms in total. The molecule has 2 rings (SSSR count). The lowest BCUT2D eigenvalue weighted by molar-refractivity contribution is 0.415. The number of aromatic nitrogens is 1. The lowest BCUT2D eigenvalue weighted by Gasteiger charge is -2.04. The molecule has 0 spiro atoms. The summed E-state index contributed by atoms with van der Waals surface area (Å²) in [5.74, 6) is 0.682. The zero-order valence-corrected chi connectivity index (χ0v) is 11.2. The topological polar surface area (TPSA) is 34.2 Å². The number of methoxy groups -OCH3 is 1. The third-order valence-corrected chi connectivity index (χ3v) is 3.47. The molecule has 0 aliphatic heterocycles. The molecule has 0 amide bonds. The minimum Gasteiger partial charge on any atom is -0.495 e. The molecule has 0 fully saturated rings. The Labute approximate surface area is 109 Å². The Kier molecular flexibility index (Phi) is 3.99. The predicted octanol–water partition coefficient (Wildman–Crippen LogP) is 3.19. The number of benzene rings is 1. The minimum atomic E-state index is 0.605. The summed E-state index contributed by atoms with van der Waals surface area (Å²) in [6.07, 6.45) is 0. The molecule has 90 valence electrons. The van der Waals surface area contributed by atoms with Crippen LogP contribution in [0.5, 0.6) is 5.75 Å². The average molecular weight is 269 g/mol. The third kappa shape index (κ3) is 2.77. The van der Waals surface area contributed by atoms with E-state index < -0.39 is 0 Å². The molecule has 2 aromatic rings. The maximum Gasteiger partial charge on any atom is 0.137 e. The van der Waals surface area contributed by atoms with E-state index in [0.29, 0.717) is 10.8 Å². The molecule has 17 heavy (non-hydrogen) atoms. The van der Waals surface area contributed by atoms with E-state index in [9.17, 15) is 0 Å². The van der Waals surface area contributed by atoms with Crippen LogP contribution >= 0.6 is 22.9 Å². The van der Waals surface area contributed by atoms with Crippen LogP contribution in [0.3, 0.4) is 0 Å². The molecular weight excluding hydrogens is 256 g/mol. The number of hydrogen-bond acceptors (Lipinski definition) is 4. The molecule has 0 aliphatic carbocycles. The summed E-state index contributed by atoms with van der Waals surface area (Å²) in [7, 11) is 3.51. The van der Waals surface area contributed by atoms with Crippen molar-refractivity contribution in [3.8, 4) is 17.0 Å². The predicted molar refractivity (Wildman–Crippen MR) is 71.9 cm³/mol. The second-order valence-corrected chi connectivity index (χ2v) is 4.86. The maximum absolute atomic E-state index is 6.09. The SMILES string of the molecule is CNCc1nc(-c2ccc(OC)c(Cl)c2)cs1. The highest BCUT2D eigenvalue weighted by Crippen LogP contribution is 2.30. The van der Waals surface area contributed by atoms with Crippen LogP contribution in [0.25, 0.3) is 11.3 Å². The number of nitrogens with zero attached hydrogens (tertiary/aromatic N) is 1. The highest BCUT2D eigenvalue weighted by molar-refractivity contribution is 7.09. The Balaban J connectivity index is 2.29. The fourth-order valence-corrected chi connectivity index (χ4v) is 2.57. The first kappa shape index (κ1) is 12.4. The van der Waals surface area contributed by atoms with E-state index in [2.05, 4.69) is 10.3 Å². The average Bonchev–Trinajstić information content (AvgIpc) is 2.78. The minimum absolute atomic E-state index is 0.605. The summed E-state index contributed by atoms with van der Waals surface area (Å²) in [4.78, 5) is 4.52. The van der Waals surface area contributed by atoms with Crippen molar-refractivity contribution in [3.63, 3.8) is 0 Å². The van der Waals surface area contributed by atoms with Gasteiger partial charge >= 0.3 is 0 Å². The Morgan fingerprint density at radius 3 is 2.94 bits per heavy atom. The first-order valence-corrected chi connectivity index (χ1v) is 6.43. The van der Waals surface area contributed by atoms with Crippen LogP contribution in [-0.4, -0.2) is 19.1 Å². The third-order valence-electron chi connectivity index (χ3n) is 2.33. The second kappa shape index (κ2) is 5.49. The standard InChI is InChI=1S/C12H13ClN2OS/c1-14-6-12-15-10(7-17-12)8-3-4-11(16-2)9(13)5-8/h3-5,7,14H,6H2,1-2H3. The van der Waals surface area contributed by atoms with Crippen molar-refractivity contribution in [1.29, 1.82) is 0 Å². The molecule has 5 heteroatoms. The van der Waals surface area contributed by atoms with Crippen molar-refractivity contribution in [2.75, 3.05) is 14.2 Å². The van der Waals surface area contributed by atoms with Gasteiger partial charge in [-0.2, -0.15) is 0 Å². The van der Waals surface area contributed by atoms with Crippen LogP contribution in [0.15, 0.2) is 23.6 Å². The smallest absolute Gasteiger partial charge is 0.137 e. The van der Waals surface area contributed by atoms with E-state index >= 15 is 0 Å². The highest BCUT2D eigenvalue weighted by Gasteiger charge is 2.07. The Morgan fingerprint density at radius 2 is 2.29 bits per heavy atom. The van der Waals surface area contributed by atoms with Gasteiger partial charge in [0.15, 0.2) is 0 Å². The number of halogens is 1. The quantitative estimate of drug-likeness (QED) is 0.925. The van der Waals surface area contributed by atoms with Crippen molar-refractivity contribution in [2.45, 2.75) is 6.54 Å². The van der Waals surface area contributed by atoms with Gasteiger partial charge in [0.25, 0.3) is 0 Å². The van der Waals surface area contributed by atoms with Gasteiger partial charge in [0.1, 0.15) is 10.8 Å². The Hall–Kier alpha value is -1.10. The van der Waals surface area contributed by atoms with Crippen LogP contribution < -0.4 is 10.1 Å². The molecular formula is C12H13ClN2OS. The first-order chi connectivity index (χ1) is 8.24. The Morgan fingerprint density at radius 1 is 1.47 bits per heavy atom. The molecule has 0 bridgehead atoms. The zero-order valence-electron chi connectivity index (χ0n) is 9.66. The number of ether oxygens (including phenoxy) is 1. The summed E-state index contributed by atoms with van der Waals surface area (Å²) < 4.78 is 5.12. The molecule has 1 aromatic heterocycles. The van der Waals surface area contributed by atoms with Crippen LogP contribution in [0.4, 0.5) is 0 Å². The Bertz CT molecular complexity index is 513. The fourth-order valence-electron chi connectivity index (χ4n) is 1.50. The molecule has 0 saturated carbocycles. The second-order valence-electron chi connectivity index (χ2n) is 3.51. The van der Waals surface area contributed by atoms with E-state index in [1.54, 1.807) is 18.4 Å². The summed E-state index contributed by atoms with van der Waals surface area (Å²) in [6, 6.07) is 5.69. The summed E-state index contributed by atoms with van der Waals surface area (Å²) in [6.45, 7) is 0.786. The van der Waals surface area contributed by atoms with E-state index in [1.807, 2.05) is 30.6 Å². The molecule has 0 unspecified atom stereocenters. The monoisotopic (exact) mass is 268 g/mol. The normalized spacial score (nSPS) is 10.5. The molecule has 0 atom stereocenters. The molecule has 1 aromatic carbocycles. The summed E-state index contributed by atoms with van der Waals surface area (Å²) >= 11 is 7.72. The van der Waals surface area contributed by atoms with E-state index in [0.717, 1.165) is 22.8 Å². The van der Waals surface area contributed by atoms with Crippen LogP contribution in [0.1, 0.15) is 5.01 Å². The van der Waals surface area contributed by atoms with Gasteiger partial charge < -0.3 is 10.1 Å². The van der Waals surface area contributed by atoms with Gasteiger partial charge in [-0.3, -0.25) is 0 Å². The molecule has 0 saturated heterocycles. The maximum atomic E-state index is 6.09. The van der Waals surface area contributed by atoms with Crippen LogP contribution in [-0.2, 0) is 6.54 Å². The lowest BCUT2D eigenvalue weighted by atomic mass is 10.2. The van der Waals surface area contributed by atoms with Crippen molar-refractivity contribution >= 4 is 22.9 Å². The van der Waals surface area contributed by atoms with Gasteiger partial charge in [0.05, 0.1) is 17.8 Å². The van der Waals surface area contributed by atoms with E-state index in [1.165, 1.54) is 0 Å². The largest absolute Gasteiger partial charge is 0.495 e. The molecule has 1 heterocycles. The summed E-state index contributed by atoms with van der Waals surface area (Å²) in [5.41, 5.74) is 1.96. The summed E-state index contributed by atoms with van der Waals surface area (Å²) in [5, 5.41) is 6.78. The van der Waals surface area contributed by atoms with Gasteiger partial charge in [0, 0.05) is 17.5 Å². The van der Waals surface area contributed by atoms with Crippen LogP contribution in [0, 0.1) is 0 Å². The number of nitrogens with one attached hydrogen (secondary N) is 1. The van der Waals surface area contributed by atoms with Crippen molar-refractivity contribution in [1.82, 2.24) is 10.3 Å². The highest BCUT2D eigenvalue weighted by atomic mass is 35.5. The molecule has 0 aliphatic rings. The zero-order chi connectivity index (χ0) is 12.3. The van der Waals surface area contributed by atoms with Crippen LogP contribution in [0.2, 0.25) is 5.02 Å². The molecule has 1 N–H and O–H groups in total. The van der Waals surface area contributed by atoms with E-state index in [-0.39, 0.29) is 0 Å². The fraction of sp³-hybridized carbons (Fsp3) is 0.250. The van der Waals surface area contributed by atoms with Crippen molar-refractivity contribution in [2.24, 2.45) is 0 Å². The van der Waals surface area contributed by atoms with Gasteiger partial charge in [-0.25, -0.2) is 4.98 Å². The molecule has 0 radical (unpaired) electrons. The number of thiazole rings is 1. The first-order valence-electron chi connectivity index (χ1n) is 5.17.